The predicted molar refractivity (Wildman–Crippen MR) is 89.4 cm³/mol. The van der Waals surface area contributed by atoms with E-state index in [4.69, 9.17) is 0 Å². The monoisotopic (exact) mass is 291 g/mol. The molecule has 1 aliphatic carbocycles. The highest BCUT2D eigenvalue weighted by atomic mass is 15.3. The van der Waals surface area contributed by atoms with E-state index in [9.17, 15) is 0 Å². The fraction of sp³-hybridized carbons (Fsp3) is 0.833. The molecule has 3 nitrogen and oxygen atoms in total. The molecule has 0 amide bonds. The van der Waals surface area contributed by atoms with E-state index in [-0.39, 0.29) is 0 Å². The van der Waals surface area contributed by atoms with Crippen molar-refractivity contribution in [1.29, 1.82) is 0 Å². The third-order valence-corrected chi connectivity index (χ3v) is 4.80. The van der Waals surface area contributed by atoms with Crippen molar-refractivity contribution >= 4 is 0 Å². The Hall–Kier alpha value is -0.830. The first kappa shape index (κ1) is 16.5. The van der Waals surface area contributed by atoms with Gasteiger partial charge in [-0.05, 0) is 36.5 Å². The van der Waals surface area contributed by atoms with E-state index >= 15 is 0 Å². The first-order valence-corrected chi connectivity index (χ1v) is 8.65. The van der Waals surface area contributed by atoms with Gasteiger partial charge in [-0.2, -0.15) is 5.10 Å². The highest BCUT2D eigenvalue weighted by Crippen LogP contribution is 2.42. The molecule has 0 aliphatic heterocycles. The molecule has 2 rings (SSSR count). The van der Waals surface area contributed by atoms with Crippen LogP contribution in [0, 0.1) is 11.3 Å². The normalized spacial score (nSPS) is 18.0. The van der Waals surface area contributed by atoms with Crippen molar-refractivity contribution in [3.8, 4) is 0 Å². The summed E-state index contributed by atoms with van der Waals surface area (Å²) in [7, 11) is 2.02. The second-order valence-corrected chi connectivity index (χ2v) is 7.78. The van der Waals surface area contributed by atoms with Crippen LogP contribution in [0.3, 0.4) is 0 Å². The van der Waals surface area contributed by atoms with Gasteiger partial charge in [0, 0.05) is 31.9 Å². The van der Waals surface area contributed by atoms with Crippen molar-refractivity contribution in [2.75, 3.05) is 6.54 Å². The third-order valence-electron chi connectivity index (χ3n) is 4.80. The smallest absolute Gasteiger partial charge is 0.0694 e. The molecular formula is C18H33N3. The number of hydrogen-bond donors (Lipinski definition) is 1. The average Bonchev–Trinajstić information content (AvgIpc) is 2.96. The van der Waals surface area contributed by atoms with Gasteiger partial charge in [-0.25, -0.2) is 0 Å². The number of rotatable bonds is 7. The van der Waals surface area contributed by atoms with Gasteiger partial charge in [0.2, 0.25) is 0 Å². The fourth-order valence-corrected chi connectivity index (χ4v) is 4.08. The minimum atomic E-state index is 0.499. The van der Waals surface area contributed by atoms with Crippen LogP contribution in [0.5, 0.6) is 0 Å². The Morgan fingerprint density at radius 3 is 2.48 bits per heavy atom. The fourth-order valence-electron chi connectivity index (χ4n) is 4.08. The number of aromatic nitrogens is 2. The molecule has 0 radical (unpaired) electrons. The van der Waals surface area contributed by atoms with Gasteiger partial charge in [-0.15, -0.1) is 0 Å². The van der Waals surface area contributed by atoms with Crippen LogP contribution in [0.4, 0.5) is 0 Å². The van der Waals surface area contributed by atoms with Crippen molar-refractivity contribution in [3.63, 3.8) is 0 Å². The summed E-state index contributed by atoms with van der Waals surface area (Å²) in [5.74, 6) is 1.30. The van der Waals surface area contributed by atoms with Crippen LogP contribution < -0.4 is 5.32 Å². The molecule has 1 fully saturated rings. The first-order chi connectivity index (χ1) is 9.92. The Bertz CT molecular complexity index is 439. The van der Waals surface area contributed by atoms with Gasteiger partial charge < -0.3 is 5.32 Å². The van der Waals surface area contributed by atoms with Crippen molar-refractivity contribution < 1.29 is 0 Å². The van der Waals surface area contributed by atoms with Crippen LogP contribution in [-0.2, 0) is 13.6 Å². The Kier molecular flexibility index (Phi) is 5.48. The summed E-state index contributed by atoms with van der Waals surface area (Å²) < 4.78 is 1.95. The SMILES string of the molecule is CC(C)CC1(CNCc2cn(C)nc2C(C)C)CCCC1. The number of hydrogen-bond acceptors (Lipinski definition) is 2. The van der Waals surface area contributed by atoms with Gasteiger partial charge >= 0.3 is 0 Å². The zero-order valence-electron chi connectivity index (χ0n) is 14.6. The highest BCUT2D eigenvalue weighted by molar-refractivity contribution is 5.20. The summed E-state index contributed by atoms with van der Waals surface area (Å²) in [6.07, 6.45) is 9.18. The summed E-state index contributed by atoms with van der Waals surface area (Å²) in [5.41, 5.74) is 3.16. The Morgan fingerprint density at radius 1 is 1.24 bits per heavy atom. The molecule has 1 aromatic heterocycles. The van der Waals surface area contributed by atoms with Crippen LogP contribution in [0.15, 0.2) is 6.20 Å². The standard InChI is InChI=1S/C18H33N3/c1-14(2)10-18(8-6-7-9-18)13-19-11-16-12-21(5)20-17(16)15(3)4/h12,14-15,19H,6-11,13H2,1-5H3. The second kappa shape index (κ2) is 6.95. The molecule has 0 spiro atoms. The summed E-state index contributed by atoms with van der Waals surface area (Å²) in [5, 5.41) is 8.35. The summed E-state index contributed by atoms with van der Waals surface area (Å²) in [6.45, 7) is 11.3. The topological polar surface area (TPSA) is 29.9 Å². The predicted octanol–water partition coefficient (Wildman–Crippen LogP) is 4.24. The molecule has 21 heavy (non-hydrogen) atoms. The molecule has 0 bridgehead atoms. The largest absolute Gasteiger partial charge is 0.312 e. The molecule has 0 saturated heterocycles. The summed E-state index contributed by atoms with van der Waals surface area (Å²) >= 11 is 0. The number of nitrogens with zero attached hydrogens (tertiary/aromatic N) is 2. The Morgan fingerprint density at radius 2 is 1.90 bits per heavy atom. The lowest BCUT2D eigenvalue weighted by Crippen LogP contribution is -2.33. The van der Waals surface area contributed by atoms with E-state index < -0.39 is 0 Å². The van der Waals surface area contributed by atoms with Crippen LogP contribution in [0.25, 0.3) is 0 Å². The van der Waals surface area contributed by atoms with Gasteiger partial charge in [-0.1, -0.05) is 40.5 Å². The zero-order chi connectivity index (χ0) is 15.5. The molecule has 0 unspecified atom stereocenters. The lowest BCUT2D eigenvalue weighted by molar-refractivity contribution is 0.223. The maximum absolute atomic E-state index is 4.60. The van der Waals surface area contributed by atoms with Gasteiger partial charge in [0.25, 0.3) is 0 Å². The van der Waals surface area contributed by atoms with Crippen LogP contribution >= 0.6 is 0 Å². The molecule has 1 aromatic rings. The van der Waals surface area contributed by atoms with E-state index in [1.165, 1.54) is 43.4 Å². The van der Waals surface area contributed by atoms with Crippen LogP contribution in [0.2, 0.25) is 0 Å². The summed E-state index contributed by atoms with van der Waals surface area (Å²) in [6, 6.07) is 0. The molecule has 3 heteroatoms. The van der Waals surface area contributed by atoms with Crippen molar-refractivity contribution in [2.45, 2.75) is 72.3 Å². The lowest BCUT2D eigenvalue weighted by atomic mass is 9.78. The zero-order valence-corrected chi connectivity index (χ0v) is 14.6. The van der Waals surface area contributed by atoms with E-state index in [0.717, 1.165) is 19.0 Å². The van der Waals surface area contributed by atoms with Crippen molar-refractivity contribution in [1.82, 2.24) is 15.1 Å². The highest BCUT2D eigenvalue weighted by Gasteiger charge is 2.33. The maximum atomic E-state index is 4.60. The quantitative estimate of drug-likeness (QED) is 0.814. The third kappa shape index (κ3) is 4.32. The molecule has 1 N–H and O–H groups in total. The van der Waals surface area contributed by atoms with E-state index in [2.05, 4.69) is 44.3 Å². The van der Waals surface area contributed by atoms with Gasteiger partial charge in [-0.3, -0.25) is 4.68 Å². The molecule has 1 saturated carbocycles. The van der Waals surface area contributed by atoms with Crippen LogP contribution in [-0.4, -0.2) is 16.3 Å². The first-order valence-electron chi connectivity index (χ1n) is 8.65. The van der Waals surface area contributed by atoms with Crippen LogP contribution in [0.1, 0.15) is 77.0 Å². The second-order valence-electron chi connectivity index (χ2n) is 7.78. The minimum absolute atomic E-state index is 0.499. The molecule has 1 heterocycles. The minimum Gasteiger partial charge on any atom is -0.312 e. The van der Waals surface area contributed by atoms with Crippen molar-refractivity contribution in [3.05, 3.63) is 17.5 Å². The Balaban J connectivity index is 1.93. The molecule has 0 aromatic carbocycles. The Labute approximate surface area is 130 Å². The lowest BCUT2D eigenvalue weighted by Gasteiger charge is -2.31. The molecule has 1 aliphatic rings. The van der Waals surface area contributed by atoms with E-state index in [1.54, 1.807) is 0 Å². The van der Waals surface area contributed by atoms with Gasteiger partial charge in [0.1, 0.15) is 0 Å². The molecule has 0 atom stereocenters. The summed E-state index contributed by atoms with van der Waals surface area (Å²) in [4.78, 5) is 0. The molecular weight excluding hydrogens is 258 g/mol. The van der Waals surface area contributed by atoms with Crippen molar-refractivity contribution in [2.24, 2.45) is 18.4 Å². The van der Waals surface area contributed by atoms with E-state index in [0.29, 0.717) is 11.3 Å². The molecule has 120 valence electrons. The average molecular weight is 291 g/mol. The number of aryl methyl sites for hydroxylation is 1. The van der Waals surface area contributed by atoms with E-state index in [1.807, 2.05) is 11.7 Å². The maximum Gasteiger partial charge on any atom is 0.0694 e. The van der Waals surface area contributed by atoms with Gasteiger partial charge in [0.15, 0.2) is 0 Å². The van der Waals surface area contributed by atoms with Gasteiger partial charge in [0.05, 0.1) is 5.69 Å². The number of nitrogens with one attached hydrogen (secondary N) is 1.